The van der Waals surface area contributed by atoms with Gasteiger partial charge in [-0.05, 0) is 29.8 Å². The van der Waals surface area contributed by atoms with Crippen molar-refractivity contribution >= 4 is 5.78 Å². The first-order valence-electron chi connectivity index (χ1n) is 8.17. The number of pyridine rings is 1. The minimum Gasteiger partial charge on any atom is -0.288 e. The van der Waals surface area contributed by atoms with Gasteiger partial charge in [-0.3, -0.25) is 9.78 Å². The third-order valence-electron chi connectivity index (χ3n) is 4.12. The van der Waals surface area contributed by atoms with E-state index >= 15 is 0 Å². The molecule has 0 bridgehead atoms. The van der Waals surface area contributed by atoms with Crippen molar-refractivity contribution in [1.82, 2.24) is 14.8 Å². The van der Waals surface area contributed by atoms with Crippen LogP contribution in [-0.2, 0) is 0 Å². The summed E-state index contributed by atoms with van der Waals surface area (Å²) in [6.07, 6.45) is 6.19. The number of halogens is 2. The van der Waals surface area contributed by atoms with Crippen molar-refractivity contribution in [3.8, 4) is 16.8 Å². The average Bonchev–Trinajstić information content (AvgIpc) is 3.18. The molecule has 2 heterocycles. The molecular formula is C21H13F2N3O. The van der Waals surface area contributed by atoms with Gasteiger partial charge in [-0.25, -0.2) is 13.5 Å². The predicted octanol–water partition coefficient (Wildman–Crippen LogP) is 4.44. The lowest BCUT2D eigenvalue weighted by atomic mass is 10.0. The summed E-state index contributed by atoms with van der Waals surface area (Å²) in [4.78, 5) is 16.9. The molecule has 0 aliphatic carbocycles. The standard InChI is InChI=1S/C21H13F2N3O/c22-18-6-7-20(19(23)10-18)26-13-17(12-25-26)21(27)15-4-1-3-14(9-15)16-5-2-8-24-11-16/h1-13H. The fourth-order valence-corrected chi connectivity index (χ4v) is 2.78. The highest BCUT2D eigenvalue weighted by atomic mass is 19.1. The van der Waals surface area contributed by atoms with Crippen molar-refractivity contribution in [3.05, 3.63) is 102 Å². The number of hydrogen-bond donors (Lipinski definition) is 0. The molecular weight excluding hydrogens is 348 g/mol. The Balaban J connectivity index is 1.65. The van der Waals surface area contributed by atoms with Gasteiger partial charge in [-0.15, -0.1) is 0 Å². The molecule has 0 fully saturated rings. The van der Waals surface area contributed by atoms with Crippen molar-refractivity contribution in [2.75, 3.05) is 0 Å². The van der Waals surface area contributed by atoms with E-state index in [0.29, 0.717) is 11.1 Å². The number of nitrogens with zero attached hydrogens (tertiary/aromatic N) is 3. The number of hydrogen-bond acceptors (Lipinski definition) is 3. The summed E-state index contributed by atoms with van der Waals surface area (Å²) in [6, 6.07) is 14.1. The number of rotatable bonds is 4. The normalized spacial score (nSPS) is 10.7. The van der Waals surface area contributed by atoms with Crippen LogP contribution in [0.3, 0.4) is 0 Å². The molecule has 4 aromatic rings. The van der Waals surface area contributed by atoms with E-state index in [9.17, 15) is 13.6 Å². The molecule has 0 unspecified atom stereocenters. The molecule has 0 amide bonds. The van der Waals surface area contributed by atoms with Crippen molar-refractivity contribution < 1.29 is 13.6 Å². The van der Waals surface area contributed by atoms with Crippen LogP contribution in [0.15, 0.2) is 79.4 Å². The van der Waals surface area contributed by atoms with Crippen LogP contribution in [0.5, 0.6) is 0 Å². The van der Waals surface area contributed by atoms with Crippen molar-refractivity contribution in [3.63, 3.8) is 0 Å². The van der Waals surface area contributed by atoms with Crippen LogP contribution in [0.2, 0.25) is 0 Å². The van der Waals surface area contributed by atoms with E-state index in [4.69, 9.17) is 0 Å². The highest BCUT2D eigenvalue weighted by Crippen LogP contribution is 2.21. The van der Waals surface area contributed by atoms with E-state index in [1.165, 1.54) is 23.1 Å². The molecule has 132 valence electrons. The van der Waals surface area contributed by atoms with Crippen LogP contribution in [0.4, 0.5) is 8.78 Å². The summed E-state index contributed by atoms with van der Waals surface area (Å²) in [6.45, 7) is 0. The van der Waals surface area contributed by atoms with Crippen LogP contribution in [-0.4, -0.2) is 20.5 Å². The lowest BCUT2D eigenvalue weighted by Gasteiger charge is -2.04. The SMILES string of the molecule is O=C(c1cccc(-c2cccnc2)c1)c1cnn(-c2ccc(F)cc2F)c1. The maximum absolute atomic E-state index is 13.9. The van der Waals surface area contributed by atoms with Gasteiger partial charge in [-0.2, -0.15) is 5.10 Å². The largest absolute Gasteiger partial charge is 0.288 e. The van der Waals surface area contributed by atoms with Crippen LogP contribution < -0.4 is 0 Å². The molecule has 0 radical (unpaired) electrons. The second-order valence-electron chi connectivity index (χ2n) is 5.92. The Morgan fingerprint density at radius 3 is 2.52 bits per heavy atom. The molecule has 0 saturated carbocycles. The van der Waals surface area contributed by atoms with Crippen molar-refractivity contribution in [1.29, 1.82) is 0 Å². The van der Waals surface area contributed by atoms with Crippen molar-refractivity contribution in [2.45, 2.75) is 0 Å². The fraction of sp³-hybridized carbons (Fsp3) is 0. The maximum atomic E-state index is 13.9. The molecule has 0 N–H and O–H groups in total. The number of carbonyl (C=O) groups excluding carboxylic acids is 1. The van der Waals surface area contributed by atoms with E-state index in [1.54, 1.807) is 30.6 Å². The number of benzene rings is 2. The van der Waals surface area contributed by atoms with Gasteiger partial charge in [0.05, 0.1) is 11.8 Å². The quantitative estimate of drug-likeness (QED) is 0.505. The van der Waals surface area contributed by atoms with Crippen molar-refractivity contribution in [2.24, 2.45) is 0 Å². The third kappa shape index (κ3) is 3.37. The Hall–Kier alpha value is -3.67. The van der Waals surface area contributed by atoms with E-state index in [1.807, 2.05) is 18.2 Å². The molecule has 4 rings (SSSR count). The topological polar surface area (TPSA) is 47.8 Å². The Bertz CT molecular complexity index is 1120. The maximum Gasteiger partial charge on any atom is 0.196 e. The number of ketones is 1. The van der Waals surface area contributed by atoms with Gasteiger partial charge in [0.15, 0.2) is 11.6 Å². The minimum atomic E-state index is -0.754. The zero-order valence-corrected chi connectivity index (χ0v) is 14.0. The van der Waals surface area contributed by atoms with Gasteiger partial charge in [0.2, 0.25) is 0 Å². The Kier molecular flexibility index (Phi) is 4.30. The monoisotopic (exact) mass is 361 g/mol. The predicted molar refractivity (Wildman–Crippen MR) is 96.6 cm³/mol. The zero-order chi connectivity index (χ0) is 18.8. The summed E-state index contributed by atoms with van der Waals surface area (Å²) < 4.78 is 28.2. The summed E-state index contributed by atoms with van der Waals surface area (Å²) in [7, 11) is 0. The lowest BCUT2D eigenvalue weighted by Crippen LogP contribution is -2.01. The first-order chi connectivity index (χ1) is 13.1. The first kappa shape index (κ1) is 16.8. The lowest BCUT2D eigenvalue weighted by molar-refractivity contribution is 0.103. The van der Waals surface area contributed by atoms with Gasteiger partial charge in [0, 0.05) is 35.8 Å². The van der Waals surface area contributed by atoms with Gasteiger partial charge in [0.1, 0.15) is 11.5 Å². The molecule has 0 aliphatic rings. The van der Waals surface area contributed by atoms with Gasteiger partial charge < -0.3 is 0 Å². The van der Waals surface area contributed by atoms with Crippen LogP contribution in [0.25, 0.3) is 16.8 Å². The summed E-state index contributed by atoms with van der Waals surface area (Å²) in [5.41, 5.74) is 2.62. The van der Waals surface area contributed by atoms with E-state index in [0.717, 1.165) is 23.3 Å². The second kappa shape index (κ2) is 6.92. The summed E-state index contributed by atoms with van der Waals surface area (Å²) in [5.74, 6) is -1.67. The molecule has 4 nitrogen and oxygen atoms in total. The summed E-state index contributed by atoms with van der Waals surface area (Å²) >= 11 is 0. The molecule has 0 atom stereocenters. The van der Waals surface area contributed by atoms with Gasteiger partial charge >= 0.3 is 0 Å². The van der Waals surface area contributed by atoms with Crippen LogP contribution >= 0.6 is 0 Å². The van der Waals surface area contributed by atoms with Crippen LogP contribution in [0, 0.1) is 11.6 Å². The van der Waals surface area contributed by atoms with Gasteiger partial charge in [0.25, 0.3) is 0 Å². The second-order valence-corrected chi connectivity index (χ2v) is 5.92. The molecule has 2 aromatic carbocycles. The van der Waals surface area contributed by atoms with Crippen LogP contribution in [0.1, 0.15) is 15.9 Å². The molecule has 2 aromatic heterocycles. The molecule has 0 aliphatic heterocycles. The van der Waals surface area contributed by atoms with E-state index < -0.39 is 11.6 Å². The van der Waals surface area contributed by atoms with E-state index in [-0.39, 0.29) is 11.5 Å². The highest BCUT2D eigenvalue weighted by molar-refractivity contribution is 6.09. The fourth-order valence-electron chi connectivity index (χ4n) is 2.78. The Labute approximate surface area is 153 Å². The Morgan fingerprint density at radius 1 is 0.889 bits per heavy atom. The smallest absolute Gasteiger partial charge is 0.196 e. The van der Waals surface area contributed by atoms with E-state index in [2.05, 4.69) is 10.1 Å². The molecule has 0 spiro atoms. The minimum absolute atomic E-state index is 0.0690. The average molecular weight is 361 g/mol. The summed E-state index contributed by atoms with van der Waals surface area (Å²) in [5, 5.41) is 4.03. The zero-order valence-electron chi connectivity index (χ0n) is 14.0. The molecule has 0 saturated heterocycles. The molecule has 27 heavy (non-hydrogen) atoms. The Morgan fingerprint density at radius 2 is 1.74 bits per heavy atom. The molecule has 6 heteroatoms. The highest BCUT2D eigenvalue weighted by Gasteiger charge is 2.14. The van der Waals surface area contributed by atoms with Gasteiger partial charge in [-0.1, -0.05) is 24.3 Å². The first-order valence-corrected chi connectivity index (χ1v) is 8.17. The third-order valence-corrected chi connectivity index (χ3v) is 4.12. The number of aromatic nitrogens is 3. The number of carbonyl (C=O) groups is 1.